The summed E-state index contributed by atoms with van der Waals surface area (Å²) in [6, 6.07) is 29.4. The average Bonchev–Trinajstić information content (AvgIpc) is 3.07. The van der Waals surface area contributed by atoms with E-state index >= 15 is 0 Å². The maximum atomic E-state index is 12.4. The minimum atomic E-state index is -4.88. The van der Waals surface area contributed by atoms with Gasteiger partial charge in [-0.3, -0.25) is 4.79 Å². The van der Waals surface area contributed by atoms with Crippen LogP contribution in [0.1, 0.15) is 36.0 Å². The smallest absolute Gasteiger partial charge is 0.379 e. The minimum absolute atomic E-state index is 0.0558. The maximum absolute atomic E-state index is 12.4. The van der Waals surface area contributed by atoms with Gasteiger partial charge in [-0.25, -0.2) is 0 Å². The second-order valence-corrected chi connectivity index (χ2v) is 11.0. The summed E-state index contributed by atoms with van der Waals surface area (Å²) in [4.78, 5) is 11.0. The molecule has 46 heavy (non-hydrogen) atoms. The number of carbonyl (C=O) groups excluding carboxylic acids is 1. The van der Waals surface area contributed by atoms with Crippen LogP contribution in [-0.4, -0.2) is 69.7 Å². The van der Waals surface area contributed by atoms with Gasteiger partial charge >= 0.3 is 12.1 Å². The van der Waals surface area contributed by atoms with Crippen molar-refractivity contribution in [3.05, 3.63) is 108 Å². The molecular weight excluding hydrogens is 603 g/mol. The van der Waals surface area contributed by atoms with Crippen LogP contribution in [0.3, 0.4) is 0 Å². The monoisotopic (exact) mass is 645 g/mol. The number of rotatable bonds is 18. The van der Waals surface area contributed by atoms with Gasteiger partial charge in [0.1, 0.15) is 24.4 Å². The lowest BCUT2D eigenvalue weighted by Crippen LogP contribution is -2.61. The van der Waals surface area contributed by atoms with Crippen molar-refractivity contribution in [2.24, 2.45) is 0 Å². The van der Waals surface area contributed by atoms with Gasteiger partial charge < -0.3 is 33.7 Å². The molecule has 4 rings (SSSR count). The van der Waals surface area contributed by atoms with Gasteiger partial charge in [0.25, 0.3) is 0 Å². The summed E-state index contributed by atoms with van der Waals surface area (Å²) in [5.41, 5.74) is 2.97. The first-order valence-electron chi connectivity index (χ1n) is 15.4. The SMILES string of the molecule is CO[C@H]1O[C@H](COCCCCCNC(=O)C(F)(F)F)[C@@H](OCc2ccccc2)[C@H](OCc2ccccc2)[C@H]1OCc1ccccc1. The zero-order valence-electron chi connectivity index (χ0n) is 25.9. The summed E-state index contributed by atoms with van der Waals surface area (Å²) in [5.74, 6) is -1.93. The molecule has 11 heteroatoms. The van der Waals surface area contributed by atoms with Crippen LogP contribution in [0, 0.1) is 0 Å². The predicted molar refractivity (Wildman–Crippen MR) is 164 cm³/mol. The molecule has 3 aromatic rings. The zero-order chi connectivity index (χ0) is 32.6. The van der Waals surface area contributed by atoms with Crippen molar-refractivity contribution in [1.29, 1.82) is 0 Å². The van der Waals surface area contributed by atoms with E-state index in [-0.39, 0.29) is 13.2 Å². The summed E-state index contributed by atoms with van der Waals surface area (Å²) in [6.07, 6.45) is -6.45. The van der Waals surface area contributed by atoms with Crippen molar-refractivity contribution in [3.63, 3.8) is 0 Å². The molecule has 0 aliphatic carbocycles. The second kappa shape index (κ2) is 18.7. The molecule has 8 nitrogen and oxygen atoms in total. The molecule has 1 fully saturated rings. The molecule has 1 aliphatic rings. The number of benzene rings is 3. The topological polar surface area (TPSA) is 84.5 Å². The molecule has 0 aromatic heterocycles. The Morgan fingerprint density at radius 1 is 0.717 bits per heavy atom. The van der Waals surface area contributed by atoms with Gasteiger partial charge in [-0.15, -0.1) is 0 Å². The van der Waals surface area contributed by atoms with Gasteiger partial charge in [-0.05, 0) is 36.0 Å². The van der Waals surface area contributed by atoms with Crippen molar-refractivity contribution < 1.29 is 46.4 Å². The number of hydrogen-bond donors (Lipinski definition) is 1. The lowest BCUT2D eigenvalue weighted by Gasteiger charge is -2.45. The van der Waals surface area contributed by atoms with Crippen LogP contribution in [-0.2, 0) is 53.0 Å². The molecule has 1 amide bonds. The number of ether oxygens (including phenoxy) is 6. The first kappa shape index (κ1) is 35.5. The molecule has 1 N–H and O–H groups in total. The summed E-state index contributed by atoms with van der Waals surface area (Å²) < 4.78 is 74.8. The van der Waals surface area contributed by atoms with Gasteiger partial charge in [0.2, 0.25) is 0 Å². The van der Waals surface area contributed by atoms with E-state index in [1.54, 1.807) is 7.11 Å². The van der Waals surface area contributed by atoms with E-state index in [2.05, 4.69) is 0 Å². The highest BCUT2D eigenvalue weighted by molar-refractivity contribution is 5.81. The highest BCUT2D eigenvalue weighted by atomic mass is 19.4. The highest BCUT2D eigenvalue weighted by Crippen LogP contribution is 2.31. The largest absolute Gasteiger partial charge is 0.471 e. The third-order valence-corrected chi connectivity index (χ3v) is 7.47. The van der Waals surface area contributed by atoms with Crippen LogP contribution in [0.5, 0.6) is 0 Å². The number of hydrogen-bond acceptors (Lipinski definition) is 7. The molecule has 0 unspecified atom stereocenters. The van der Waals surface area contributed by atoms with Crippen LogP contribution in [0.25, 0.3) is 0 Å². The van der Waals surface area contributed by atoms with Crippen LogP contribution in [0.2, 0.25) is 0 Å². The number of carbonyl (C=O) groups is 1. The Morgan fingerprint density at radius 3 is 1.72 bits per heavy atom. The molecule has 0 saturated carbocycles. The summed E-state index contributed by atoms with van der Waals surface area (Å²) in [6.45, 7) is 1.40. The Labute approximate surface area is 268 Å². The van der Waals surface area contributed by atoms with Crippen molar-refractivity contribution in [2.45, 2.75) is 76.0 Å². The number of amides is 1. The van der Waals surface area contributed by atoms with Crippen LogP contribution in [0.15, 0.2) is 91.0 Å². The Bertz CT molecular complexity index is 1270. The molecule has 1 saturated heterocycles. The second-order valence-electron chi connectivity index (χ2n) is 11.0. The Hall–Kier alpha value is -3.32. The summed E-state index contributed by atoms with van der Waals surface area (Å²) >= 11 is 0. The lowest BCUT2D eigenvalue weighted by molar-refractivity contribution is -0.323. The quantitative estimate of drug-likeness (QED) is 0.171. The fourth-order valence-electron chi connectivity index (χ4n) is 5.08. The van der Waals surface area contributed by atoms with Gasteiger partial charge in [-0.1, -0.05) is 91.0 Å². The lowest BCUT2D eigenvalue weighted by atomic mass is 9.97. The van der Waals surface area contributed by atoms with Gasteiger partial charge in [-0.2, -0.15) is 13.2 Å². The highest BCUT2D eigenvalue weighted by Gasteiger charge is 2.48. The van der Waals surface area contributed by atoms with E-state index in [9.17, 15) is 18.0 Å². The fraction of sp³-hybridized carbons (Fsp3) is 0.457. The standard InChI is InChI=1S/C35H42F3NO7/c1-41-33-32(45-24-28-18-10-4-11-19-28)31(44-23-27-16-8-3-9-17-27)30(43-22-26-14-6-2-7-15-26)29(46-33)25-42-21-13-5-12-20-39-34(40)35(36,37)38/h2-4,6-11,14-19,29-33H,5,12-13,20-25H2,1H3,(H,39,40)/t29-,30-,31+,32-,33+/m1/s1. The van der Waals surface area contributed by atoms with Gasteiger partial charge in [0, 0.05) is 20.3 Å². The van der Waals surface area contributed by atoms with Crippen LogP contribution >= 0.6 is 0 Å². The number of halogens is 3. The molecular formula is C35H42F3NO7. The maximum Gasteiger partial charge on any atom is 0.471 e. The number of methoxy groups -OCH3 is 1. The average molecular weight is 646 g/mol. The van der Waals surface area contributed by atoms with Crippen molar-refractivity contribution in [1.82, 2.24) is 5.32 Å². The number of alkyl halides is 3. The molecule has 3 aromatic carbocycles. The molecule has 0 spiro atoms. The van der Waals surface area contributed by atoms with E-state index in [0.29, 0.717) is 45.7 Å². The zero-order valence-corrected chi connectivity index (χ0v) is 25.9. The van der Waals surface area contributed by atoms with E-state index in [1.807, 2.05) is 96.3 Å². The van der Waals surface area contributed by atoms with Gasteiger partial charge in [0.05, 0.1) is 26.4 Å². The number of nitrogens with one attached hydrogen (secondary N) is 1. The van der Waals surface area contributed by atoms with Crippen LogP contribution < -0.4 is 5.32 Å². The Kier molecular flexibility index (Phi) is 14.5. The summed E-state index contributed by atoms with van der Waals surface area (Å²) in [7, 11) is 1.55. The predicted octanol–water partition coefficient (Wildman–Crippen LogP) is 5.98. The molecule has 0 bridgehead atoms. The van der Waals surface area contributed by atoms with E-state index < -0.39 is 42.8 Å². The Balaban J connectivity index is 1.43. The third-order valence-electron chi connectivity index (χ3n) is 7.47. The molecule has 1 heterocycles. The van der Waals surface area contributed by atoms with Crippen LogP contribution in [0.4, 0.5) is 13.2 Å². The van der Waals surface area contributed by atoms with Crippen molar-refractivity contribution in [2.75, 3.05) is 26.9 Å². The Morgan fingerprint density at radius 2 is 1.22 bits per heavy atom. The first-order valence-corrected chi connectivity index (χ1v) is 15.4. The van der Waals surface area contributed by atoms with E-state index in [0.717, 1.165) is 16.7 Å². The molecule has 250 valence electrons. The van der Waals surface area contributed by atoms with E-state index in [4.69, 9.17) is 28.4 Å². The van der Waals surface area contributed by atoms with Gasteiger partial charge in [0.15, 0.2) is 6.29 Å². The fourth-order valence-corrected chi connectivity index (χ4v) is 5.08. The normalized spacial score (nSPS) is 21.6. The molecule has 1 aliphatic heterocycles. The van der Waals surface area contributed by atoms with Crippen molar-refractivity contribution in [3.8, 4) is 0 Å². The third kappa shape index (κ3) is 11.5. The number of unbranched alkanes of at least 4 members (excludes halogenated alkanes) is 2. The minimum Gasteiger partial charge on any atom is -0.379 e. The first-order chi connectivity index (χ1) is 22.3. The molecule has 0 radical (unpaired) electrons. The summed E-state index contributed by atoms with van der Waals surface area (Å²) in [5, 5.41) is 1.88. The molecule has 5 atom stereocenters. The van der Waals surface area contributed by atoms with E-state index in [1.165, 1.54) is 0 Å². The van der Waals surface area contributed by atoms with Crippen molar-refractivity contribution >= 4 is 5.91 Å².